The lowest BCUT2D eigenvalue weighted by atomic mass is 10.0. The lowest BCUT2D eigenvalue weighted by Gasteiger charge is -2.19. The first-order valence-electron chi connectivity index (χ1n) is 8.50. The maximum Gasteiger partial charge on any atom is 0.142 e. The Balaban J connectivity index is 2.29. The number of aryl methyl sites for hydroxylation is 1. The number of aromatic hydroxyl groups is 2. The van der Waals surface area contributed by atoms with E-state index < -0.39 is 0 Å². The van der Waals surface area contributed by atoms with Gasteiger partial charge in [0.15, 0.2) is 0 Å². The second kappa shape index (κ2) is 8.65. The summed E-state index contributed by atoms with van der Waals surface area (Å²) >= 11 is 0. The maximum atomic E-state index is 10.1. The molecule has 1 heterocycles. The van der Waals surface area contributed by atoms with Crippen LogP contribution in [0.1, 0.15) is 41.8 Å². The fourth-order valence-corrected chi connectivity index (χ4v) is 2.68. The lowest BCUT2D eigenvalue weighted by Crippen LogP contribution is -2.22. The van der Waals surface area contributed by atoms with Gasteiger partial charge in [-0.1, -0.05) is 32.1 Å². The molecule has 0 unspecified atom stereocenters. The van der Waals surface area contributed by atoms with E-state index in [1.54, 1.807) is 19.2 Å². The van der Waals surface area contributed by atoms with E-state index in [0.717, 1.165) is 24.2 Å². The predicted octanol–water partition coefficient (Wildman–Crippen LogP) is 3.31. The van der Waals surface area contributed by atoms with E-state index in [1.807, 2.05) is 24.3 Å². The number of benzene rings is 1. The Bertz CT molecular complexity index is 753. The fourth-order valence-electron chi connectivity index (χ4n) is 2.68. The number of phenolic OH excluding ortho intramolecular Hbond substituents is 1. The average Bonchev–Trinajstić information content (AvgIpc) is 2.62. The quantitative estimate of drug-likeness (QED) is 0.720. The van der Waals surface area contributed by atoms with E-state index in [-0.39, 0.29) is 18.1 Å². The first-order chi connectivity index (χ1) is 12.0. The molecule has 0 radical (unpaired) electrons. The van der Waals surface area contributed by atoms with Gasteiger partial charge in [-0.25, -0.2) is 0 Å². The second-order valence-electron chi connectivity index (χ2n) is 5.97. The van der Waals surface area contributed by atoms with Crippen molar-refractivity contribution in [3.8, 4) is 11.5 Å². The fraction of sp³-hybridized carbons (Fsp3) is 0.350. The second-order valence-corrected chi connectivity index (χ2v) is 5.97. The van der Waals surface area contributed by atoms with Gasteiger partial charge in [0.05, 0.1) is 12.3 Å². The van der Waals surface area contributed by atoms with Gasteiger partial charge >= 0.3 is 0 Å². The van der Waals surface area contributed by atoms with Crippen LogP contribution in [0.2, 0.25) is 0 Å². The van der Waals surface area contributed by atoms with Crippen molar-refractivity contribution in [2.45, 2.75) is 33.9 Å². The minimum atomic E-state index is -0.252. The van der Waals surface area contributed by atoms with Gasteiger partial charge in [0.1, 0.15) is 11.5 Å². The lowest BCUT2D eigenvalue weighted by molar-refractivity contribution is 0.274. The molecule has 0 saturated heterocycles. The van der Waals surface area contributed by atoms with Crippen LogP contribution in [-0.2, 0) is 13.2 Å². The zero-order valence-electron chi connectivity index (χ0n) is 15.0. The summed E-state index contributed by atoms with van der Waals surface area (Å²) in [6.45, 7) is 8.16. The van der Waals surface area contributed by atoms with Crippen molar-refractivity contribution in [1.29, 1.82) is 0 Å². The molecule has 0 aliphatic heterocycles. The van der Waals surface area contributed by atoms with Crippen LogP contribution in [0.5, 0.6) is 11.5 Å². The van der Waals surface area contributed by atoms with Gasteiger partial charge < -0.3 is 15.3 Å². The Kier molecular flexibility index (Phi) is 6.56. The highest BCUT2D eigenvalue weighted by molar-refractivity contribution is 5.72. The number of aliphatic hydroxyl groups is 1. The zero-order chi connectivity index (χ0) is 18.4. The molecule has 2 rings (SSSR count). The topological polar surface area (TPSA) is 76.8 Å². The van der Waals surface area contributed by atoms with Crippen molar-refractivity contribution in [2.24, 2.45) is 0 Å². The number of nitrogens with zero attached hydrogens (tertiary/aromatic N) is 2. The third kappa shape index (κ3) is 4.59. The highest BCUT2D eigenvalue weighted by Crippen LogP contribution is 2.26. The molecular weight excluding hydrogens is 316 g/mol. The summed E-state index contributed by atoms with van der Waals surface area (Å²) in [6, 6.07) is 5.47. The average molecular weight is 342 g/mol. The molecule has 0 saturated carbocycles. The predicted molar refractivity (Wildman–Crippen MR) is 100 cm³/mol. The summed E-state index contributed by atoms with van der Waals surface area (Å²) in [5.41, 5.74) is 3.43. The summed E-state index contributed by atoms with van der Waals surface area (Å²) in [5, 5.41) is 29.6. The maximum absolute atomic E-state index is 10.1. The molecule has 0 bridgehead atoms. The summed E-state index contributed by atoms with van der Waals surface area (Å²) in [6.07, 6.45) is 5.33. The van der Waals surface area contributed by atoms with Gasteiger partial charge in [0.2, 0.25) is 0 Å². The van der Waals surface area contributed by atoms with E-state index in [4.69, 9.17) is 0 Å². The monoisotopic (exact) mass is 342 g/mol. The van der Waals surface area contributed by atoms with E-state index in [2.05, 4.69) is 23.7 Å². The van der Waals surface area contributed by atoms with Crippen LogP contribution in [0.25, 0.3) is 12.2 Å². The minimum absolute atomic E-state index is 0.0255. The molecule has 0 fully saturated rings. The third-order valence-electron chi connectivity index (χ3n) is 4.38. The molecule has 25 heavy (non-hydrogen) atoms. The normalized spacial score (nSPS) is 11.6. The molecule has 0 spiro atoms. The van der Waals surface area contributed by atoms with Crippen LogP contribution < -0.4 is 0 Å². The van der Waals surface area contributed by atoms with E-state index in [0.29, 0.717) is 23.4 Å². The summed E-state index contributed by atoms with van der Waals surface area (Å²) < 4.78 is 0. The Labute approximate surface area is 148 Å². The van der Waals surface area contributed by atoms with Gasteiger partial charge in [-0.3, -0.25) is 9.88 Å². The third-order valence-corrected chi connectivity index (χ3v) is 4.38. The molecule has 0 aliphatic carbocycles. The number of hydrogen-bond acceptors (Lipinski definition) is 5. The molecule has 5 nitrogen and oxygen atoms in total. The summed E-state index contributed by atoms with van der Waals surface area (Å²) in [4.78, 5) is 6.36. The molecule has 0 atom stereocenters. The molecule has 3 N–H and O–H groups in total. The Hall–Kier alpha value is -2.37. The van der Waals surface area contributed by atoms with Crippen LogP contribution in [-0.4, -0.2) is 38.3 Å². The van der Waals surface area contributed by atoms with Gasteiger partial charge in [-0.2, -0.15) is 0 Å². The van der Waals surface area contributed by atoms with Crippen molar-refractivity contribution in [3.05, 3.63) is 52.3 Å². The zero-order valence-corrected chi connectivity index (χ0v) is 15.0. The first kappa shape index (κ1) is 19.0. The molecule has 0 amide bonds. The molecule has 0 aliphatic rings. The van der Waals surface area contributed by atoms with E-state index >= 15 is 0 Å². The highest BCUT2D eigenvalue weighted by Gasteiger charge is 2.09. The minimum Gasteiger partial charge on any atom is -0.508 e. The largest absolute Gasteiger partial charge is 0.508 e. The van der Waals surface area contributed by atoms with Crippen LogP contribution in [0.3, 0.4) is 0 Å². The Morgan fingerprint density at radius 2 is 1.84 bits per heavy atom. The Morgan fingerprint density at radius 3 is 2.48 bits per heavy atom. The van der Waals surface area contributed by atoms with Gasteiger partial charge in [0.25, 0.3) is 0 Å². The van der Waals surface area contributed by atoms with Crippen molar-refractivity contribution in [1.82, 2.24) is 9.88 Å². The summed E-state index contributed by atoms with van der Waals surface area (Å²) in [7, 11) is 0. The molecular formula is C20H26N2O3. The smallest absolute Gasteiger partial charge is 0.142 e. The van der Waals surface area contributed by atoms with Gasteiger partial charge in [0, 0.05) is 29.4 Å². The standard InChI is InChI=1S/C20H26N2O3/c1-4-22(5-2)12-17-10-15(7-9-19(17)24)6-8-16-11-21-14(3)20(25)18(16)13-23/h6-11,23-25H,4-5,12-13H2,1-3H3/b8-6+. The van der Waals surface area contributed by atoms with Gasteiger partial charge in [-0.05, 0) is 37.7 Å². The Morgan fingerprint density at radius 1 is 1.12 bits per heavy atom. The number of pyridine rings is 1. The van der Waals surface area contributed by atoms with Crippen LogP contribution in [0, 0.1) is 6.92 Å². The molecule has 5 heteroatoms. The highest BCUT2D eigenvalue weighted by atomic mass is 16.3. The molecule has 1 aromatic carbocycles. The molecule has 2 aromatic rings. The number of hydrogen-bond donors (Lipinski definition) is 3. The van der Waals surface area contributed by atoms with E-state index in [1.165, 1.54) is 0 Å². The van der Waals surface area contributed by atoms with Crippen molar-refractivity contribution < 1.29 is 15.3 Å². The summed E-state index contributed by atoms with van der Waals surface area (Å²) in [5.74, 6) is 0.312. The van der Waals surface area contributed by atoms with E-state index in [9.17, 15) is 15.3 Å². The number of aromatic nitrogens is 1. The van der Waals surface area contributed by atoms with Crippen LogP contribution >= 0.6 is 0 Å². The first-order valence-corrected chi connectivity index (χ1v) is 8.50. The van der Waals surface area contributed by atoms with Crippen molar-refractivity contribution in [3.63, 3.8) is 0 Å². The van der Waals surface area contributed by atoms with Crippen LogP contribution in [0.4, 0.5) is 0 Å². The SMILES string of the molecule is CCN(CC)Cc1cc(/C=C/c2cnc(C)c(O)c2CO)ccc1O. The number of rotatable bonds is 7. The van der Waals surface area contributed by atoms with Gasteiger partial charge in [-0.15, -0.1) is 0 Å². The molecule has 1 aromatic heterocycles. The van der Waals surface area contributed by atoms with Crippen LogP contribution in [0.15, 0.2) is 24.4 Å². The number of phenols is 1. The van der Waals surface area contributed by atoms with Crippen molar-refractivity contribution >= 4 is 12.2 Å². The molecule has 134 valence electrons. The van der Waals surface area contributed by atoms with Crippen molar-refractivity contribution in [2.75, 3.05) is 13.1 Å². The number of aliphatic hydroxyl groups excluding tert-OH is 1.